The molecule has 0 radical (unpaired) electrons. The summed E-state index contributed by atoms with van der Waals surface area (Å²) in [6, 6.07) is 0. The quantitative estimate of drug-likeness (QED) is 0.713. The van der Waals surface area contributed by atoms with Gasteiger partial charge >= 0.3 is 0 Å². The number of carbonyl (C=O) groups is 1. The number of carbonyl (C=O) groups excluding carboxylic acids is 1. The van der Waals surface area contributed by atoms with Crippen molar-refractivity contribution in [1.82, 2.24) is 4.90 Å². The lowest BCUT2D eigenvalue weighted by molar-refractivity contribution is -0.123. The third-order valence-electron chi connectivity index (χ3n) is 2.13. The molecule has 3 heteroatoms. The number of allylic oxidation sites excluding steroid dienone is 4. The van der Waals surface area contributed by atoms with Gasteiger partial charge in [-0.3, -0.25) is 4.79 Å². The molecule has 0 aromatic carbocycles. The molecule has 3 nitrogen and oxygen atoms in total. The van der Waals surface area contributed by atoms with E-state index in [9.17, 15) is 4.79 Å². The Morgan fingerprint density at radius 1 is 1.24 bits per heavy atom. The average molecular weight is 238 g/mol. The summed E-state index contributed by atoms with van der Waals surface area (Å²) in [7, 11) is 3.32. The summed E-state index contributed by atoms with van der Waals surface area (Å²) in [6.45, 7) is 8.64. The van der Waals surface area contributed by atoms with Gasteiger partial charge in [0, 0.05) is 19.2 Å². The van der Waals surface area contributed by atoms with Crippen LogP contribution in [0.25, 0.3) is 0 Å². The highest BCUT2D eigenvalue weighted by Gasteiger charge is 2.25. The van der Waals surface area contributed by atoms with Gasteiger partial charge in [0.2, 0.25) is 0 Å². The van der Waals surface area contributed by atoms with Crippen LogP contribution in [-0.2, 0) is 4.79 Å². The molecule has 1 fully saturated rings. The van der Waals surface area contributed by atoms with E-state index in [0.29, 0.717) is 0 Å². The van der Waals surface area contributed by atoms with Crippen molar-refractivity contribution in [3.63, 3.8) is 0 Å². The van der Waals surface area contributed by atoms with Crippen LogP contribution in [0.1, 0.15) is 27.7 Å². The number of likely N-dealkylation sites (N-methyl/N-ethyl adjacent to an activating group) is 1. The Balaban J connectivity index is 0. The van der Waals surface area contributed by atoms with Gasteiger partial charge in [-0.2, -0.15) is 0 Å². The fourth-order valence-corrected chi connectivity index (χ4v) is 1.37. The van der Waals surface area contributed by atoms with Crippen LogP contribution < -0.4 is 5.73 Å². The maximum atomic E-state index is 11.6. The molecule has 1 amide bonds. The summed E-state index contributed by atoms with van der Waals surface area (Å²) in [6.07, 6.45) is 7.69. The molecule has 1 aliphatic heterocycles. The Kier molecular flexibility index (Phi) is 11.8. The standard InChI is InChI=1S/C11H15NO.C2H6.CH5N/c1-4-6-7-10-9(5-2)8-12(3)11(10)13;2*1-2/h4-7H,8H2,1-3H3;1-2H3;2H2,1H3/b6-4-,9-5-,10-7+;;. The molecule has 1 heterocycles. The average Bonchev–Trinajstić information content (AvgIpc) is 2.67. The SMILES string of the molecule is CC.CN.C\C=C/C=C1/C(=O)N(C)C/C1=C/C. The Morgan fingerprint density at radius 3 is 2.18 bits per heavy atom. The van der Waals surface area contributed by atoms with Crippen LogP contribution in [-0.4, -0.2) is 31.4 Å². The smallest absolute Gasteiger partial charge is 0.254 e. The minimum atomic E-state index is 0.117. The van der Waals surface area contributed by atoms with E-state index in [1.165, 1.54) is 7.05 Å². The number of nitrogens with zero attached hydrogens (tertiary/aromatic N) is 1. The van der Waals surface area contributed by atoms with E-state index >= 15 is 0 Å². The Hall–Kier alpha value is -1.35. The van der Waals surface area contributed by atoms with Crippen molar-refractivity contribution in [2.24, 2.45) is 5.73 Å². The maximum Gasteiger partial charge on any atom is 0.254 e. The van der Waals surface area contributed by atoms with E-state index < -0.39 is 0 Å². The molecule has 0 aromatic heterocycles. The Bertz CT molecular complexity index is 301. The summed E-state index contributed by atoms with van der Waals surface area (Å²) >= 11 is 0. The number of hydrogen-bond acceptors (Lipinski definition) is 2. The van der Waals surface area contributed by atoms with Crippen LogP contribution in [0.15, 0.2) is 35.5 Å². The van der Waals surface area contributed by atoms with E-state index in [1.807, 2.05) is 59.0 Å². The van der Waals surface area contributed by atoms with E-state index in [2.05, 4.69) is 5.73 Å². The van der Waals surface area contributed by atoms with Crippen molar-refractivity contribution < 1.29 is 4.79 Å². The largest absolute Gasteiger partial charge is 0.337 e. The maximum absolute atomic E-state index is 11.6. The van der Waals surface area contributed by atoms with Crippen molar-refractivity contribution >= 4 is 5.91 Å². The van der Waals surface area contributed by atoms with Crippen molar-refractivity contribution in [3.8, 4) is 0 Å². The third kappa shape index (κ3) is 5.50. The minimum absolute atomic E-state index is 0.117. The summed E-state index contributed by atoms with van der Waals surface area (Å²) in [4.78, 5) is 13.3. The number of hydrogen-bond donors (Lipinski definition) is 1. The first kappa shape index (κ1) is 18.0. The first-order valence-electron chi connectivity index (χ1n) is 6.02. The summed E-state index contributed by atoms with van der Waals surface area (Å²) in [5.41, 5.74) is 6.44. The van der Waals surface area contributed by atoms with Crippen LogP contribution >= 0.6 is 0 Å². The van der Waals surface area contributed by atoms with Crippen LogP contribution in [0.2, 0.25) is 0 Å². The highest BCUT2D eigenvalue weighted by Crippen LogP contribution is 2.21. The fraction of sp³-hybridized carbons (Fsp3) is 0.500. The van der Waals surface area contributed by atoms with Gasteiger partial charge < -0.3 is 10.6 Å². The van der Waals surface area contributed by atoms with Gasteiger partial charge in [0.25, 0.3) is 5.91 Å². The van der Waals surface area contributed by atoms with Gasteiger partial charge in [-0.15, -0.1) is 0 Å². The summed E-state index contributed by atoms with van der Waals surface area (Å²) in [5, 5.41) is 0. The van der Waals surface area contributed by atoms with E-state index in [4.69, 9.17) is 0 Å². The molecule has 0 aromatic rings. The van der Waals surface area contributed by atoms with Crippen molar-refractivity contribution in [1.29, 1.82) is 0 Å². The normalized spacial score (nSPS) is 19.2. The van der Waals surface area contributed by atoms with Gasteiger partial charge in [0.1, 0.15) is 0 Å². The molecule has 0 aliphatic carbocycles. The van der Waals surface area contributed by atoms with Crippen LogP contribution in [0.3, 0.4) is 0 Å². The Labute approximate surface area is 106 Å². The second-order valence-corrected chi connectivity index (χ2v) is 3.08. The van der Waals surface area contributed by atoms with E-state index in [-0.39, 0.29) is 5.91 Å². The molecule has 0 atom stereocenters. The highest BCUT2D eigenvalue weighted by atomic mass is 16.2. The van der Waals surface area contributed by atoms with Gasteiger partial charge in [-0.1, -0.05) is 32.1 Å². The molecular weight excluding hydrogens is 212 g/mol. The molecule has 17 heavy (non-hydrogen) atoms. The molecular formula is C14H26N2O. The fourth-order valence-electron chi connectivity index (χ4n) is 1.37. The molecule has 1 aliphatic rings. The number of nitrogens with two attached hydrogens (primary N) is 1. The molecule has 0 bridgehead atoms. The molecule has 0 saturated carbocycles. The lowest BCUT2D eigenvalue weighted by atomic mass is 10.1. The second-order valence-electron chi connectivity index (χ2n) is 3.08. The van der Waals surface area contributed by atoms with Gasteiger partial charge in [0.15, 0.2) is 0 Å². The molecule has 0 spiro atoms. The molecule has 1 rings (SSSR count). The summed E-state index contributed by atoms with van der Waals surface area (Å²) in [5.74, 6) is 0.117. The first-order valence-corrected chi connectivity index (χ1v) is 6.02. The zero-order valence-electron chi connectivity index (χ0n) is 11.9. The van der Waals surface area contributed by atoms with Crippen molar-refractivity contribution in [2.45, 2.75) is 27.7 Å². The number of amides is 1. The number of likely N-dealkylation sites (tertiary alicyclic amines) is 1. The predicted molar refractivity (Wildman–Crippen MR) is 75.8 cm³/mol. The van der Waals surface area contributed by atoms with Crippen molar-refractivity contribution in [3.05, 3.63) is 35.5 Å². The van der Waals surface area contributed by atoms with Crippen molar-refractivity contribution in [2.75, 3.05) is 20.6 Å². The molecule has 2 N–H and O–H groups in total. The van der Waals surface area contributed by atoms with Gasteiger partial charge in [-0.25, -0.2) is 0 Å². The van der Waals surface area contributed by atoms with Crippen LogP contribution in [0.5, 0.6) is 0 Å². The highest BCUT2D eigenvalue weighted by molar-refractivity contribution is 6.01. The second kappa shape index (κ2) is 11.1. The molecule has 0 unspecified atom stereocenters. The monoisotopic (exact) mass is 238 g/mol. The van der Waals surface area contributed by atoms with Crippen LogP contribution in [0.4, 0.5) is 0 Å². The first-order chi connectivity index (χ1) is 8.20. The lowest BCUT2D eigenvalue weighted by Crippen LogP contribution is -2.18. The van der Waals surface area contributed by atoms with Crippen LogP contribution in [0, 0.1) is 0 Å². The zero-order valence-corrected chi connectivity index (χ0v) is 11.9. The predicted octanol–water partition coefficient (Wildman–Crippen LogP) is 2.51. The minimum Gasteiger partial charge on any atom is -0.337 e. The van der Waals surface area contributed by atoms with E-state index in [1.54, 1.807) is 4.90 Å². The Morgan fingerprint density at radius 2 is 1.76 bits per heavy atom. The molecule has 1 saturated heterocycles. The topological polar surface area (TPSA) is 46.3 Å². The molecule has 98 valence electrons. The van der Waals surface area contributed by atoms with Gasteiger partial charge in [0.05, 0.1) is 0 Å². The lowest BCUT2D eigenvalue weighted by Gasteiger charge is -2.03. The third-order valence-corrected chi connectivity index (χ3v) is 2.13. The van der Waals surface area contributed by atoms with E-state index in [0.717, 1.165) is 17.7 Å². The zero-order chi connectivity index (χ0) is 13.8. The number of rotatable bonds is 1. The summed E-state index contributed by atoms with van der Waals surface area (Å²) < 4.78 is 0. The van der Waals surface area contributed by atoms with Gasteiger partial charge in [-0.05, 0) is 32.5 Å².